The van der Waals surface area contributed by atoms with E-state index in [9.17, 15) is 10.1 Å². The Kier molecular flexibility index (Phi) is 5.26. The second-order valence-corrected chi connectivity index (χ2v) is 4.03. The van der Waals surface area contributed by atoms with Crippen LogP contribution in [0, 0.1) is 28.4 Å². The largest absolute Gasteiger partial charge is 0.383 e. The zero-order valence-corrected chi connectivity index (χ0v) is 11.3. The highest BCUT2D eigenvalue weighted by Crippen LogP contribution is 2.30. The molecule has 0 spiro atoms. The first-order chi connectivity index (χ1) is 9.02. The lowest BCUT2D eigenvalue weighted by molar-refractivity contribution is -0.384. The van der Waals surface area contributed by atoms with Crippen LogP contribution in [0.4, 0.5) is 11.5 Å². The molecule has 0 saturated carbocycles. The van der Waals surface area contributed by atoms with E-state index < -0.39 is 4.92 Å². The maximum Gasteiger partial charge on any atom is 0.333 e. The van der Waals surface area contributed by atoms with Crippen LogP contribution in [-0.2, 0) is 11.8 Å². The van der Waals surface area contributed by atoms with Gasteiger partial charge in [-0.1, -0.05) is 0 Å². The van der Waals surface area contributed by atoms with Crippen molar-refractivity contribution in [2.45, 2.75) is 13.3 Å². The van der Waals surface area contributed by atoms with Crippen LogP contribution in [0.1, 0.15) is 12.1 Å². The topological polar surface area (TPSA) is 97.2 Å². The molecule has 1 aromatic heterocycles. The molecule has 0 fully saturated rings. The summed E-state index contributed by atoms with van der Waals surface area (Å²) in [6.07, 6.45) is 0.283. The van der Waals surface area contributed by atoms with Gasteiger partial charge >= 0.3 is 5.69 Å². The number of methoxy groups -OCH3 is 1. The maximum absolute atomic E-state index is 11.1. The van der Waals surface area contributed by atoms with Crippen molar-refractivity contribution in [1.29, 1.82) is 5.26 Å². The number of aryl methyl sites for hydroxylation is 2. The van der Waals surface area contributed by atoms with E-state index in [0.29, 0.717) is 31.2 Å². The summed E-state index contributed by atoms with van der Waals surface area (Å²) >= 11 is 0. The number of hydrogen-bond donors (Lipinski definition) is 0. The Morgan fingerprint density at radius 2 is 2.26 bits per heavy atom. The number of nitrogens with zero attached hydrogens (tertiary/aromatic N) is 5. The third-order valence-corrected chi connectivity index (χ3v) is 2.70. The van der Waals surface area contributed by atoms with Crippen LogP contribution in [-0.4, -0.2) is 41.5 Å². The minimum atomic E-state index is -0.441. The number of aromatic nitrogens is 2. The van der Waals surface area contributed by atoms with E-state index in [2.05, 4.69) is 5.10 Å². The molecule has 0 N–H and O–H groups in total. The van der Waals surface area contributed by atoms with Crippen LogP contribution >= 0.6 is 0 Å². The number of anilines is 1. The molecule has 0 unspecified atom stereocenters. The molecule has 19 heavy (non-hydrogen) atoms. The predicted octanol–water partition coefficient (Wildman–Crippen LogP) is 1.00. The normalized spacial score (nSPS) is 10.2. The SMILES string of the molecule is COCCN(CCC#N)c1c([N+](=O)[O-])c(C)nn1C. The van der Waals surface area contributed by atoms with Gasteiger partial charge in [-0.05, 0) is 6.92 Å². The first-order valence-electron chi connectivity index (χ1n) is 5.81. The average molecular weight is 267 g/mol. The van der Waals surface area contributed by atoms with Crippen LogP contribution in [0.2, 0.25) is 0 Å². The van der Waals surface area contributed by atoms with Crippen molar-refractivity contribution < 1.29 is 9.66 Å². The van der Waals surface area contributed by atoms with Crippen LogP contribution in [0.25, 0.3) is 0 Å². The molecule has 8 nitrogen and oxygen atoms in total. The summed E-state index contributed by atoms with van der Waals surface area (Å²) in [5, 5.41) is 23.9. The minimum absolute atomic E-state index is 0.0171. The Bertz CT molecular complexity index is 491. The standard InChI is InChI=1S/C11H17N5O3/c1-9-10(16(17)18)11(14(2)13-9)15(6-4-5-12)7-8-19-3/h4,6-8H2,1-3H3. The molecule has 0 aliphatic heterocycles. The summed E-state index contributed by atoms with van der Waals surface area (Å²) in [5.74, 6) is 0.412. The monoisotopic (exact) mass is 267 g/mol. The van der Waals surface area contributed by atoms with Gasteiger partial charge in [0.2, 0.25) is 5.82 Å². The number of rotatable bonds is 7. The van der Waals surface area contributed by atoms with Gasteiger partial charge in [-0.15, -0.1) is 0 Å². The van der Waals surface area contributed by atoms with Crippen molar-refractivity contribution in [3.63, 3.8) is 0 Å². The Hall–Kier alpha value is -2.14. The van der Waals surface area contributed by atoms with Crippen LogP contribution in [0.3, 0.4) is 0 Å². The summed E-state index contributed by atoms with van der Waals surface area (Å²) in [7, 11) is 3.22. The van der Waals surface area contributed by atoms with E-state index in [1.807, 2.05) is 6.07 Å². The number of nitro groups is 1. The molecule has 0 bridgehead atoms. The highest BCUT2D eigenvalue weighted by molar-refractivity contribution is 5.61. The zero-order chi connectivity index (χ0) is 14.4. The molecule has 1 rings (SSSR count). The second-order valence-electron chi connectivity index (χ2n) is 4.03. The fourth-order valence-corrected chi connectivity index (χ4v) is 1.91. The third-order valence-electron chi connectivity index (χ3n) is 2.70. The van der Waals surface area contributed by atoms with Crippen molar-refractivity contribution in [2.24, 2.45) is 7.05 Å². The summed E-state index contributed by atoms with van der Waals surface area (Å²) in [6.45, 7) is 2.89. The lowest BCUT2D eigenvalue weighted by Gasteiger charge is -2.22. The summed E-state index contributed by atoms with van der Waals surface area (Å²) < 4.78 is 6.47. The van der Waals surface area contributed by atoms with Gasteiger partial charge in [0.05, 0.1) is 24.0 Å². The number of ether oxygens (including phenoxy) is 1. The fourth-order valence-electron chi connectivity index (χ4n) is 1.91. The van der Waals surface area contributed by atoms with Gasteiger partial charge in [0.25, 0.3) is 0 Å². The van der Waals surface area contributed by atoms with Gasteiger partial charge in [0.15, 0.2) is 0 Å². The molecule has 0 aromatic carbocycles. The summed E-state index contributed by atoms with van der Waals surface area (Å²) in [6, 6.07) is 2.04. The smallest absolute Gasteiger partial charge is 0.333 e. The van der Waals surface area contributed by atoms with Crippen molar-refractivity contribution in [2.75, 3.05) is 31.7 Å². The van der Waals surface area contributed by atoms with Crippen LogP contribution in [0.15, 0.2) is 0 Å². The molecule has 0 radical (unpaired) electrons. The maximum atomic E-state index is 11.1. The number of hydrogen-bond acceptors (Lipinski definition) is 6. The van der Waals surface area contributed by atoms with Gasteiger partial charge in [0, 0.05) is 27.2 Å². The third kappa shape index (κ3) is 3.42. The van der Waals surface area contributed by atoms with E-state index >= 15 is 0 Å². The molecular weight excluding hydrogens is 250 g/mol. The van der Waals surface area contributed by atoms with Crippen molar-refractivity contribution in [3.05, 3.63) is 15.8 Å². The van der Waals surface area contributed by atoms with Gasteiger partial charge in [0.1, 0.15) is 5.69 Å². The van der Waals surface area contributed by atoms with Gasteiger partial charge in [-0.25, -0.2) is 4.68 Å². The van der Waals surface area contributed by atoms with Crippen molar-refractivity contribution >= 4 is 11.5 Å². The van der Waals surface area contributed by atoms with Gasteiger partial charge < -0.3 is 9.64 Å². The lowest BCUT2D eigenvalue weighted by Crippen LogP contribution is -2.30. The Balaban J connectivity index is 3.13. The second kappa shape index (κ2) is 6.70. The van der Waals surface area contributed by atoms with E-state index in [0.717, 1.165) is 0 Å². The lowest BCUT2D eigenvalue weighted by atomic mass is 10.3. The highest BCUT2D eigenvalue weighted by atomic mass is 16.6. The quantitative estimate of drug-likeness (QED) is 0.540. The van der Waals surface area contributed by atoms with E-state index in [4.69, 9.17) is 10.00 Å². The van der Waals surface area contributed by atoms with Crippen molar-refractivity contribution in [1.82, 2.24) is 9.78 Å². The molecule has 104 valence electrons. The number of nitriles is 1. The van der Waals surface area contributed by atoms with Gasteiger partial charge in [-0.2, -0.15) is 10.4 Å². The first-order valence-corrected chi connectivity index (χ1v) is 5.81. The first kappa shape index (κ1) is 14.9. The van der Waals surface area contributed by atoms with E-state index in [1.165, 1.54) is 4.68 Å². The van der Waals surface area contributed by atoms with E-state index in [1.54, 1.807) is 26.0 Å². The molecule has 0 aliphatic carbocycles. The van der Waals surface area contributed by atoms with Gasteiger partial charge in [-0.3, -0.25) is 10.1 Å². The Morgan fingerprint density at radius 3 is 2.79 bits per heavy atom. The Labute approximate surface area is 111 Å². The molecule has 8 heteroatoms. The zero-order valence-electron chi connectivity index (χ0n) is 11.3. The van der Waals surface area contributed by atoms with Crippen LogP contribution < -0.4 is 4.90 Å². The highest BCUT2D eigenvalue weighted by Gasteiger charge is 2.28. The molecule has 1 heterocycles. The Morgan fingerprint density at radius 1 is 1.58 bits per heavy atom. The molecule has 0 amide bonds. The predicted molar refractivity (Wildman–Crippen MR) is 68.9 cm³/mol. The molecule has 0 saturated heterocycles. The fraction of sp³-hybridized carbons (Fsp3) is 0.636. The van der Waals surface area contributed by atoms with E-state index in [-0.39, 0.29) is 12.1 Å². The molecule has 0 atom stereocenters. The summed E-state index contributed by atoms with van der Waals surface area (Å²) in [4.78, 5) is 12.5. The minimum Gasteiger partial charge on any atom is -0.383 e. The molecular formula is C11H17N5O3. The van der Waals surface area contributed by atoms with Crippen LogP contribution in [0.5, 0.6) is 0 Å². The average Bonchev–Trinajstić information content (AvgIpc) is 2.65. The summed E-state index contributed by atoms with van der Waals surface area (Å²) in [5.41, 5.74) is 0.346. The molecule has 1 aromatic rings. The van der Waals surface area contributed by atoms with Crippen molar-refractivity contribution in [3.8, 4) is 6.07 Å². The molecule has 0 aliphatic rings.